The first kappa shape index (κ1) is 13.7. The summed E-state index contributed by atoms with van der Waals surface area (Å²) in [5, 5.41) is 0. The van der Waals surface area contributed by atoms with Gasteiger partial charge in [0.25, 0.3) is 9.05 Å². The van der Waals surface area contributed by atoms with Crippen LogP contribution in [0.3, 0.4) is 0 Å². The van der Waals surface area contributed by atoms with Crippen LogP contribution in [0.2, 0.25) is 0 Å². The first-order chi connectivity index (χ1) is 8.93. The number of rotatable bonds is 3. The van der Waals surface area contributed by atoms with E-state index in [1.165, 1.54) is 25.3 Å². The second kappa shape index (κ2) is 4.93. The van der Waals surface area contributed by atoms with Gasteiger partial charge < -0.3 is 4.74 Å². The van der Waals surface area contributed by atoms with Crippen LogP contribution in [0.4, 0.5) is 0 Å². The van der Waals surface area contributed by atoms with Crippen LogP contribution in [0.5, 0.6) is 5.75 Å². The summed E-state index contributed by atoms with van der Waals surface area (Å²) in [5.74, 6) is 1.69. The maximum atomic E-state index is 11.6. The normalized spacial score (nSPS) is 29.7. The van der Waals surface area contributed by atoms with E-state index in [4.69, 9.17) is 15.4 Å². The SMILES string of the molecule is O=S(=O)(Cl)c1cc(Br)ccc1OC1CC2CCC1C2. The minimum Gasteiger partial charge on any atom is -0.489 e. The van der Waals surface area contributed by atoms with Gasteiger partial charge in [0.1, 0.15) is 16.7 Å². The highest BCUT2D eigenvalue weighted by Crippen LogP contribution is 2.46. The van der Waals surface area contributed by atoms with E-state index in [1.54, 1.807) is 12.1 Å². The monoisotopic (exact) mass is 364 g/mol. The van der Waals surface area contributed by atoms with Crippen LogP contribution in [0.15, 0.2) is 27.6 Å². The van der Waals surface area contributed by atoms with E-state index < -0.39 is 9.05 Å². The third-order valence-corrected chi connectivity index (χ3v) is 5.96. The Morgan fingerprint density at radius 1 is 1.26 bits per heavy atom. The van der Waals surface area contributed by atoms with Crippen molar-refractivity contribution in [3.8, 4) is 5.75 Å². The Labute approximate surface area is 125 Å². The maximum Gasteiger partial charge on any atom is 0.265 e. The van der Waals surface area contributed by atoms with Crippen molar-refractivity contribution in [1.82, 2.24) is 0 Å². The molecule has 0 amide bonds. The summed E-state index contributed by atoms with van der Waals surface area (Å²) in [7, 11) is 1.68. The van der Waals surface area contributed by atoms with Crippen molar-refractivity contribution in [3.63, 3.8) is 0 Å². The molecular formula is C13H14BrClO3S. The molecule has 3 atom stereocenters. The van der Waals surface area contributed by atoms with Crippen LogP contribution >= 0.6 is 26.6 Å². The van der Waals surface area contributed by atoms with Gasteiger partial charge in [-0.1, -0.05) is 15.9 Å². The quantitative estimate of drug-likeness (QED) is 0.762. The van der Waals surface area contributed by atoms with Crippen LogP contribution in [0, 0.1) is 11.8 Å². The third-order valence-electron chi connectivity index (χ3n) is 4.12. The molecule has 0 aromatic heterocycles. The van der Waals surface area contributed by atoms with Gasteiger partial charge in [-0.05, 0) is 55.7 Å². The second-order valence-corrected chi connectivity index (χ2v) is 8.81. The van der Waals surface area contributed by atoms with Crippen molar-refractivity contribution in [1.29, 1.82) is 0 Å². The lowest BCUT2D eigenvalue weighted by molar-refractivity contribution is 0.134. The van der Waals surface area contributed by atoms with Crippen LogP contribution in [-0.2, 0) is 9.05 Å². The first-order valence-corrected chi connectivity index (χ1v) is 9.44. The Hall–Kier alpha value is -0.260. The molecule has 1 aromatic rings. The highest BCUT2D eigenvalue weighted by molar-refractivity contribution is 9.10. The molecule has 3 nitrogen and oxygen atoms in total. The largest absolute Gasteiger partial charge is 0.489 e. The molecule has 0 aliphatic heterocycles. The number of fused-ring (bicyclic) bond motifs is 2. The lowest BCUT2D eigenvalue weighted by Gasteiger charge is -2.24. The lowest BCUT2D eigenvalue weighted by Crippen LogP contribution is -2.24. The zero-order chi connectivity index (χ0) is 13.6. The van der Waals surface area contributed by atoms with E-state index in [-0.39, 0.29) is 11.0 Å². The van der Waals surface area contributed by atoms with Gasteiger partial charge in [-0.25, -0.2) is 8.42 Å². The van der Waals surface area contributed by atoms with Crippen molar-refractivity contribution in [3.05, 3.63) is 22.7 Å². The average molecular weight is 366 g/mol. The molecule has 6 heteroatoms. The molecule has 2 aliphatic rings. The number of benzene rings is 1. The van der Waals surface area contributed by atoms with Crippen molar-refractivity contribution in [2.24, 2.45) is 11.8 Å². The topological polar surface area (TPSA) is 43.4 Å². The van der Waals surface area contributed by atoms with Gasteiger partial charge in [0, 0.05) is 15.2 Å². The fourth-order valence-corrected chi connectivity index (χ4v) is 4.76. The Morgan fingerprint density at radius 3 is 2.63 bits per heavy atom. The standard InChI is InChI=1S/C13H14BrClO3S/c14-10-3-4-11(13(7-10)19(15,16)17)18-12-6-8-1-2-9(12)5-8/h3-4,7-9,12H,1-2,5-6H2. The number of ether oxygens (including phenoxy) is 1. The molecule has 2 saturated carbocycles. The van der Waals surface area contributed by atoms with E-state index in [2.05, 4.69) is 15.9 Å². The highest BCUT2D eigenvalue weighted by atomic mass is 79.9. The summed E-state index contributed by atoms with van der Waals surface area (Å²) >= 11 is 3.26. The van der Waals surface area contributed by atoms with E-state index in [0.717, 1.165) is 12.3 Å². The summed E-state index contributed by atoms with van der Waals surface area (Å²) < 4.78 is 29.8. The zero-order valence-electron chi connectivity index (χ0n) is 10.2. The van der Waals surface area contributed by atoms with Crippen molar-refractivity contribution in [2.75, 3.05) is 0 Å². The molecule has 0 N–H and O–H groups in total. The maximum absolute atomic E-state index is 11.6. The number of hydrogen-bond donors (Lipinski definition) is 0. The third kappa shape index (κ3) is 2.78. The predicted octanol–water partition coefficient (Wildman–Crippen LogP) is 3.94. The van der Waals surface area contributed by atoms with Crippen LogP contribution in [0.1, 0.15) is 25.7 Å². The van der Waals surface area contributed by atoms with Crippen molar-refractivity contribution < 1.29 is 13.2 Å². The van der Waals surface area contributed by atoms with Crippen molar-refractivity contribution in [2.45, 2.75) is 36.7 Å². The van der Waals surface area contributed by atoms with E-state index in [0.29, 0.717) is 16.1 Å². The van der Waals surface area contributed by atoms with Gasteiger partial charge in [0.15, 0.2) is 0 Å². The van der Waals surface area contributed by atoms with Crippen LogP contribution in [0.25, 0.3) is 0 Å². The molecular weight excluding hydrogens is 352 g/mol. The van der Waals surface area contributed by atoms with Gasteiger partial charge in [0.2, 0.25) is 0 Å². The molecule has 1 aromatic carbocycles. The van der Waals surface area contributed by atoms with Gasteiger partial charge in [-0.3, -0.25) is 0 Å². The molecule has 3 rings (SSSR count). The van der Waals surface area contributed by atoms with Gasteiger partial charge in [-0.2, -0.15) is 0 Å². The van der Waals surface area contributed by atoms with Crippen LogP contribution in [-0.4, -0.2) is 14.5 Å². The smallest absolute Gasteiger partial charge is 0.265 e. The summed E-state index contributed by atoms with van der Waals surface area (Å²) in [4.78, 5) is 0.0475. The van der Waals surface area contributed by atoms with E-state index >= 15 is 0 Å². The van der Waals surface area contributed by atoms with Crippen LogP contribution < -0.4 is 4.74 Å². The van der Waals surface area contributed by atoms with E-state index in [1.807, 2.05) is 0 Å². The highest BCUT2D eigenvalue weighted by Gasteiger charge is 2.41. The average Bonchev–Trinajstić information content (AvgIpc) is 2.92. The molecule has 0 heterocycles. The fourth-order valence-electron chi connectivity index (χ4n) is 3.26. The molecule has 3 unspecified atom stereocenters. The number of hydrogen-bond acceptors (Lipinski definition) is 3. The first-order valence-electron chi connectivity index (χ1n) is 6.34. The molecule has 2 aliphatic carbocycles. The van der Waals surface area contributed by atoms with Crippen molar-refractivity contribution >= 4 is 35.7 Å². The molecule has 0 radical (unpaired) electrons. The molecule has 0 saturated heterocycles. The van der Waals surface area contributed by atoms with E-state index in [9.17, 15) is 8.42 Å². The minimum atomic E-state index is -3.79. The molecule has 104 valence electrons. The Morgan fingerprint density at radius 2 is 2.05 bits per heavy atom. The molecule has 2 bridgehead atoms. The molecule has 2 fully saturated rings. The van der Waals surface area contributed by atoms with Gasteiger partial charge in [0.05, 0.1) is 0 Å². The minimum absolute atomic E-state index is 0.0475. The Balaban J connectivity index is 1.89. The Kier molecular flexibility index (Phi) is 3.56. The fraction of sp³-hybridized carbons (Fsp3) is 0.538. The molecule has 19 heavy (non-hydrogen) atoms. The summed E-state index contributed by atoms with van der Waals surface area (Å²) in [6.07, 6.45) is 4.85. The van der Waals surface area contributed by atoms with Gasteiger partial charge >= 0.3 is 0 Å². The Bertz CT molecular complexity index is 602. The second-order valence-electron chi connectivity index (χ2n) is 5.36. The predicted molar refractivity (Wildman–Crippen MR) is 77.0 cm³/mol. The summed E-state index contributed by atoms with van der Waals surface area (Å²) in [6.45, 7) is 0. The number of halogens is 2. The molecule has 0 spiro atoms. The zero-order valence-corrected chi connectivity index (χ0v) is 13.3. The lowest BCUT2D eigenvalue weighted by atomic mass is 9.98. The summed E-state index contributed by atoms with van der Waals surface area (Å²) in [5.41, 5.74) is 0. The summed E-state index contributed by atoms with van der Waals surface area (Å²) in [6, 6.07) is 4.93. The van der Waals surface area contributed by atoms with Gasteiger partial charge in [-0.15, -0.1) is 0 Å².